The largest absolute Gasteiger partial charge is 0.476 e. The van der Waals surface area contributed by atoms with Gasteiger partial charge in [0.05, 0.1) is 6.61 Å². The number of nitrogens with zero attached hydrogens (tertiary/aromatic N) is 2. The molecule has 0 amide bonds. The zero-order valence-electron chi connectivity index (χ0n) is 10.6. The smallest absolute Gasteiger partial charge is 0.389 e. The Bertz CT molecular complexity index is 398. The number of nitrogens with two attached hydrogens (primary N) is 1. The average Bonchev–Trinajstić information content (AvgIpc) is 2.33. The van der Waals surface area contributed by atoms with E-state index in [0.717, 1.165) is 6.42 Å². The molecule has 0 aliphatic heterocycles. The summed E-state index contributed by atoms with van der Waals surface area (Å²) in [6.45, 7) is 2.54. The Hall–Kier alpha value is -1.73. The first-order valence-corrected chi connectivity index (χ1v) is 5.98. The lowest BCUT2D eigenvalue weighted by Crippen LogP contribution is -2.13. The van der Waals surface area contributed by atoms with Gasteiger partial charge in [0.2, 0.25) is 5.88 Å². The SMILES string of the molecule is CCCOc1ncnc(NCCCC(F)(F)F)c1N. The summed E-state index contributed by atoms with van der Waals surface area (Å²) in [7, 11) is 0. The minimum atomic E-state index is -4.14. The molecule has 8 heteroatoms. The van der Waals surface area contributed by atoms with Gasteiger partial charge < -0.3 is 15.8 Å². The molecule has 0 saturated carbocycles. The van der Waals surface area contributed by atoms with Gasteiger partial charge in [0.25, 0.3) is 0 Å². The molecule has 108 valence electrons. The molecule has 5 nitrogen and oxygen atoms in total. The number of hydrogen-bond donors (Lipinski definition) is 2. The number of aromatic nitrogens is 2. The molecule has 0 unspecified atom stereocenters. The fourth-order valence-electron chi connectivity index (χ4n) is 1.33. The summed E-state index contributed by atoms with van der Waals surface area (Å²) < 4.78 is 41.2. The minimum Gasteiger partial charge on any atom is -0.476 e. The number of rotatable bonds is 7. The highest BCUT2D eigenvalue weighted by molar-refractivity contribution is 5.66. The first kappa shape index (κ1) is 15.3. The van der Waals surface area contributed by atoms with Crippen LogP contribution in [0.5, 0.6) is 5.88 Å². The Balaban J connectivity index is 2.49. The van der Waals surface area contributed by atoms with Crippen LogP contribution in [0.3, 0.4) is 0 Å². The Morgan fingerprint density at radius 1 is 1.37 bits per heavy atom. The van der Waals surface area contributed by atoms with Gasteiger partial charge in [0.1, 0.15) is 12.0 Å². The minimum absolute atomic E-state index is 0.0436. The Labute approximate surface area is 109 Å². The van der Waals surface area contributed by atoms with Gasteiger partial charge in [-0.2, -0.15) is 18.2 Å². The fourth-order valence-corrected chi connectivity index (χ4v) is 1.33. The van der Waals surface area contributed by atoms with Crippen LogP contribution in [-0.4, -0.2) is 29.3 Å². The molecule has 19 heavy (non-hydrogen) atoms. The summed E-state index contributed by atoms with van der Waals surface area (Å²) >= 11 is 0. The number of ether oxygens (including phenoxy) is 1. The van der Waals surface area contributed by atoms with Crippen molar-refractivity contribution in [2.24, 2.45) is 0 Å². The van der Waals surface area contributed by atoms with Crippen LogP contribution in [0.1, 0.15) is 26.2 Å². The van der Waals surface area contributed by atoms with Crippen molar-refractivity contribution >= 4 is 11.5 Å². The summed E-state index contributed by atoms with van der Waals surface area (Å²) in [4.78, 5) is 7.74. The van der Waals surface area contributed by atoms with Gasteiger partial charge in [-0.3, -0.25) is 0 Å². The number of anilines is 2. The highest BCUT2D eigenvalue weighted by Gasteiger charge is 2.25. The first-order chi connectivity index (χ1) is 8.94. The second-order valence-electron chi connectivity index (χ2n) is 3.94. The predicted molar refractivity (Wildman–Crippen MR) is 66.0 cm³/mol. The molecule has 0 aliphatic carbocycles. The Kier molecular flexibility index (Phi) is 5.65. The van der Waals surface area contributed by atoms with Crippen LogP contribution in [0.2, 0.25) is 0 Å². The van der Waals surface area contributed by atoms with Crippen LogP contribution < -0.4 is 15.8 Å². The second kappa shape index (κ2) is 7.01. The van der Waals surface area contributed by atoms with Crippen LogP contribution in [0.15, 0.2) is 6.33 Å². The van der Waals surface area contributed by atoms with Crippen molar-refractivity contribution in [3.63, 3.8) is 0 Å². The quantitative estimate of drug-likeness (QED) is 0.750. The van der Waals surface area contributed by atoms with Gasteiger partial charge in [-0.15, -0.1) is 0 Å². The van der Waals surface area contributed by atoms with Gasteiger partial charge in [-0.05, 0) is 12.8 Å². The third-order valence-electron chi connectivity index (χ3n) is 2.22. The number of hydrogen-bond acceptors (Lipinski definition) is 5. The van der Waals surface area contributed by atoms with Crippen molar-refractivity contribution in [2.75, 3.05) is 24.2 Å². The summed E-state index contributed by atoms with van der Waals surface area (Å²) in [6.07, 6.45) is -2.97. The lowest BCUT2D eigenvalue weighted by molar-refractivity contribution is -0.134. The van der Waals surface area contributed by atoms with Crippen LogP contribution in [0.25, 0.3) is 0 Å². The van der Waals surface area contributed by atoms with Gasteiger partial charge in [0.15, 0.2) is 5.82 Å². The van der Waals surface area contributed by atoms with Crippen molar-refractivity contribution in [3.05, 3.63) is 6.33 Å². The molecule has 1 heterocycles. The number of halogens is 3. The highest BCUT2D eigenvalue weighted by atomic mass is 19.4. The molecule has 1 aromatic heterocycles. The van der Waals surface area contributed by atoms with E-state index in [9.17, 15) is 13.2 Å². The molecule has 1 aromatic rings. The monoisotopic (exact) mass is 278 g/mol. The van der Waals surface area contributed by atoms with Crippen molar-refractivity contribution in [2.45, 2.75) is 32.4 Å². The Morgan fingerprint density at radius 2 is 2.11 bits per heavy atom. The molecule has 0 aliphatic rings. The molecule has 0 bridgehead atoms. The maximum Gasteiger partial charge on any atom is 0.389 e. The van der Waals surface area contributed by atoms with E-state index in [-0.39, 0.29) is 24.5 Å². The first-order valence-electron chi connectivity index (χ1n) is 5.98. The van der Waals surface area contributed by atoms with Crippen molar-refractivity contribution in [1.29, 1.82) is 0 Å². The van der Waals surface area contributed by atoms with E-state index in [1.165, 1.54) is 6.33 Å². The van der Waals surface area contributed by atoms with E-state index in [0.29, 0.717) is 12.4 Å². The average molecular weight is 278 g/mol. The second-order valence-corrected chi connectivity index (χ2v) is 3.94. The van der Waals surface area contributed by atoms with E-state index in [1.54, 1.807) is 0 Å². The van der Waals surface area contributed by atoms with Gasteiger partial charge in [0, 0.05) is 13.0 Å². The van der Waals surface area contributed by atoms with Crippen LogP contribution >= 0.6 is 0 Å². The maximum absolute atomic E-state index is 12.0. The molecule has 0 saturated heterocycles. The summed E-state index contributed by atoms with van der Waals surface area (Å²) in [5.74, 6) is 0.540. The van der Waals surface area contributed by atoms with Gasteiger partial charge in [-0.25, -0.2) is 4.98 Å². The van der Waals surface area contributed by atoms with Crippen LogP contribution in [0, 0.1) is 0 Å². The van der Waals surface area contributed by atoms with Crippen molar-refractivity contribution in [3.8, 4) is 5.88 Å². The Morgan fingerprint density at radius 3 is 2.74 bits per heavy atom. The number of nitrogens with one attached hydrogen (secondary N) is 1. The van der Waals surface area contributed by atoms with E-state index in [4.69, 9.17) is 10.5 Å². The molecule has 0 aromatic carbocycles. The van der Waals surface area contributed by atoms with E-state index >= 15 is 0 Å². The van der Waals surface area contributed by atoms with E-state index < -0.39 is 12.6 Å². The standard InChI is InChI=1S/C11H17F3N4O/c1-2-6-19-10-8(15)9(17-7-18-10)16-5-3-4-11(12,13)14/h7H,2-6,15H2,1H3,(H,16,17,18). The molecule has 0 spiro atoms. The lowest BCUT2D eigenvalue weighted by Gasteiger charge is -2.12. The predicted octanol–water partition coefficient (Wildman–Crippen LogP) is 2.60. The molecule has 0 radical (unpaired) electrons. The van der Waals surface area contributed by atoms with Crippen LogP contribution in [-0.2, 0) is 0 Å². The number of alkyl halides is 3. The maximum atomic E-state index is 12.0. The normalized spacial score (nSPS) is 11.4. The van der Waals surface area contributed by atoms with Crippen molar-refractivity contribution in [1.82, 2.24) is 9.97 Å². The molecular weight excluding hydrogens is 261 g/mol. The molecular formula is C11H17F3N4O. The molecule has 1 rings (SSSR count). The third kappa shape index (κ3) is 5.62. The topological polar surface area (TPSA) is 73.1 Å². The van der Waals surface area contributed by atoms with Gasteiger partial charge >= 0.3 is 6.18 Å². The van der Waals surface area contributed by atoms with E-state index in [2.05, 4.69) is 15.3 Å². The van der Waals surface area contributed by atoms with Crippen molar-refractivity contribution < 1.29 is 17.9 Å². The summed E-state index contributed by atoms with van der Waals surface area (Å²) in [5.41, 5.74) is 5.97. The third-order valence-corrected chi connectivity index (χ3v) is 2.22. The van der Waals surface area contributed by atoms with Gasteiger partial charge in [-0.1, -0.05) is 6.92 Å². The lowest BCUT2D eigenvalue weighted by atomic mass is 10.3. The zero-order chi connectivity index (χ0) is 14.3. The molecule has 0 fully saturated rings. The zero-order valence-corrected chi connectivity index (χ0v) is 10.6. The van der Waals surface area contributed by atoms with Crippen LogP contribution in [0.4, 0.5) is 24.7 Å². The highest BCUT2D eigenvalue weighted by Crippen LogP contribution is 2.25. The van der Waals surface area contributed by atoms with E-state index in [1.807, 2.05) is 6.92 Å². The number of nitrogen functional groups attached to an aromatic ring is 1. The summed E-state index contributed by atoms with van der Waals surface area (Å²) in [5, 5.41) is 2.75. The fraction of sp³-hybridized carbons (Fsp3) is 0.636. The molecule has 3 N–H and O–H groups in total. The molecule has 0 atom stereocenters. The summed E-state index contributed by atoms with van der Waals surface area (Å²) in [6, 6.07) is 0.